The number of halogens is 1. The van der Waals surface area contributed by atoms with E-state index in [9.17, 15) is 0 Å². The van der Waals surface area contributed by atoms with E-state index in [4.69, 9.17) is 19.8 Å². The van der Waals surface area contributed by atoms with E-state index in [1.54, 1.807) is 0 Å². The van der Waals surface area contributed by atoms with Crippen molar-refractivity contribution < 1.29 is 32.2 Å². The number of rotatable bonds is 2. The van der Waals surface area contributed by atoms with Gasteiger partial charge < -0.3 is 32.2 Å². The maximum atomic E-state index is 9.14. The van der Waals surface area contributed by atoms with Crippen LogP contribution in [-0.2, 0) is 9.59 Å². The molecule has 12 heavy (non-hydrogen) atoms. The summed E-state index contributed by atoms with van der Waals surface area (Å²) < 4.78 is 0. The van der Waals surface area contributed by atoms with Gasteiger partial charge in [0.1, 0.15) is 0 Å². The average Bonchev–Trinajstić information content (AvgIpc) is 1.89. The fourth-order valence-corrected chi connectivity index (χ4v) is 0. The van der Waals surface area contributed by atoms with Crippen LogP contribution in [0.1, 0.15) is 0 Å². The molecule has 0 rings (SSSR count). The molecule has 0 radical (unpaired) electrons. The summed E-state index contributed by atoms with van der Waals surface area (Å²) in [4.78, 5) is 18.3. The smallest absolute Gasteiger partial charge is 1.00 e. The molecule has 0 aliphatic heterocycles. The fraction of sp³-hybridized carbons (Fsp3) is 0. The van der Waals surface area contributed by atoms with E-state index in [0.29, 0.717) is 0 Å². The average molecular weight is 205 g/mol. The van der Waals surface area contributed by atoms with E-state index in [2.05, 4.69) is 13.2 Å². The minimum atomic E-state index is -1.23. The van der Waals surface area contributed by atoms with Crippen molar-refractivity contribution in [3.63, 3.8) is 0 Å². The normalized spacial score (nSPS) is 5.33. The first-order chi connectivity index (χ1) is 4.54. The van der Waals surface area contributed by atoms with Crippen LogP contribution in [0.4, 0.5) is 0 Å². The number of hydrogen-bond donors (Lipinski definition) is 0. The zero-order chi connectivity index (χ0) is 8.57. The second-order valence-electron chi connectivity index (χ2n) is 1.05. The van der Waals surface area contributed by atoms with Crippen LogP contribution in [0.25, 0.3) is 0 Å². The van der Waals surface area contributed by atoms with Gasteiger partial charge in [0.2, 0.25) is 0 Å². The third-order valence-electron chi connectivity index (χ3n) is 0.333. The molecule has 0 aliphatic carbocycles. The van der Waals surface area contributed by atoms with Gasteiger partial charge >= 0.3 is 17.4 Å². The molecular formula is C6H6AlClO4. The van der Waals surface area contributed by atoms with Gasteiger partial charge in [-0.25, -0.2) is 0 Å². The number of carbonyl (C=O) groups excluding carboxylic acids is 2. The molecule has 0 saturated heterocycles. The molecule has 0 saturated carbocycles. The molecule has 0 N–H and O–H groups in total. The van der Waals surface area contributed by atoms with Crippen LogP contribution in [0, 0.1) is 0 Å². The van der Waals surface area contributed by atoms with Gasteiger partial charge in [0.15, 0.2) is 0 Å². The summed E-state index contributed by atoms with van der Waals surface area (Å²) in [6, 6.07) is 0. The first-order valence-electron chi connectivity index (χ1n) is 2.21. The number of aliphatic carboxylic acids is 2. The van der Waals surface area contributed by atoms with Crippen LogP contribution in [0.5, 0.6) is 0 Å². The van der Waals surface area contributed by atoms with Crippen LogP contribution in [0.2, 0.25) is 0 Å². The van der Waals surface area contributed by atoms with Crippen molar-refractivity contribution in [2.75, 3.05) is 0 Å². The Kier molecular flexibility index (Phi) is 31.3. The predicted molar refractivity (Wildman–Crippen MR) is 36.2 cm³/mol. The zero-order valence-corrected chi connectivity index (χ0v) is 8.07. The standard InChI is InChI=1S/2C3H4O2.Al.ClH/c2*1-2-3(4)5;;/h2*2H,1H2,(H,4,5);;1H/q;;+3;/p-3. The summed E-state index contributed by atoms with van der Waals surface area (Å²) in [5.41, 5.74) is 0. The Bertz CT molecular complexity index is 140. The summed E-state index contributed by atoms with van der Waals surface area (Å²) in [6.45, 7) is 5.80. The van der Waals surface area contributed by atoms with Gasteiger partial charge in [-0.3, -0.25) is 0 Å². The maximum absolute atomic E-state index is 9.14. The Hall–Kier alpha value is -0.758. The molecule has 0 heterocycles. The number of carboxylic acid groups (broad SMARTS) is 2. The van der Waals surface area contributed by atoms with Gasteiger partial charge in [0, 0.05) is 0 Å². The van der Waals surface area contributed by atoms with Crippen LogP contribution in [0.3, 0.4) is 0 Å². The molecule has 0 aromatic rings. The molecule has 0 aliphatic rings. The third-order valence-corrected chi connectivity index (χ3v) is 0.333. The van der Waals surface area contributed by atoms with Gasteiger partial charge in [-0.05, 0) is 12.2 Å². The van der Waals surface area contributed by atoms with E-state index >= 15 is 0 Å². The molecule has 0 unspecified atom stereocenters. The summed E-state index contributed by atoms with van der Waals surface area (Å²) in [6.07, 6.45) is 1.44. The van der Waals surface area contributed by atoms with Crippen molar-refractivity contribution in [3.8, 4) is 0 Å². The molecule has 0 atom stereocenters. The molecule has 0 aromatic carbocycles. The summed E-state index contributed by atoms with van der Waals surface area (Å²) >= 11 is 0. The first-order valence-corrected chi connectivity index (χ1v) is 2.21. The van der Waals surface area contributed by atoms with Crippen molar-refractivity contribution in [2.24, 2.45) is 0 Å². The summed E-state index contributed by atoms with van der Waals surface area (Å²) in [5, 5.41) is 18.3. The van der Waals surface area contributed by atoms with Gasteiger partial charge in [-0.2, -0.15) is 0 Å². The second kappa shape index (κ2) is 16.7. The minimum absolute atomic E-state index is 0. The Morgan fingerprint density at radius 2 is 1.08 bits per heavy atom. The van der Waals surface area contributed by atoms with Gasteiger partial charge in [-0.15, -0.1) is 0 Å². The third kappa shape index (κ3) is 59.7. The van der Waals surface area contributed by atoms with E-state index in [-0.39, 0.29) is 29.8 Å². The van der Waals surface area contributed by atoms with Crippen molar-refractivity contribution in [2.45, 2.75) is 0 Å². The van der Waals surface area contributed by atoms with Crippen molar-refractivity contribution in [1.29, 1.82) is 0 Å². The zero-order valence-electron chi connectivity index (χ0n) is 6.16. The molecule has 6 heteroatoms. The molecule has 0 fully saturated rings. The maximum Gasteiger partial charge on any atom is 3.00 e. The second-order valence-corrected chi connectivity index (χ2v) is 1.05. The van der Waals surface area contributed by atoms with E-state index in [1.165, 1.54) is 0 Å². The van der Waals surface area contributed by atoms with E-state index in [0.717, 1.165) is 12.2 Å². The molecule has 4 nitrogen and oxygen atoms in total. The molecule has 0 aromatic heterocycles. The van der Waals surface area contributed by atoms with Crippen LogP contribution < -0.4 is 22.6 Å². The first kappa shape index (κ1) is 22.5. The monoisotopic (exact) mass is 204 g/mol. The van der Waals surface area contributed by atoms with E-state index in [1.807, 2.05) is 0 Å². The van der Waals surface area contributed by atoms with Crippen LogP contribution in [-0.4, -0.2) is 29.3 Å². The van der Waals surface area contributed by atoms with E-state index < -0.39 is 11.9 Å². The SMILES string of the molecule is C=CC(=O)[O-].C=CC(=O)[O-].[Al+3].[Cl-]. The fourth-order valence-electron chi connectivity index (χ4n) is 0. The molecule has 0 bridgehead atoms. The van der Waals surface area contributed by atoms with Gasteiger partial charge in [-0.1, -0.05) is 13.2 Å². The molecule has 0 amide bonds. The Balaban J connectivity index is -0.0000000457. The quantitative estimate of drug-likeness (QED) is 0.332. The molecule has 0 spiro atoms. The predicted octanol–water partition coefficient (Wildman–Crippen LogP) is -5.53. The molecule has 64 valence electrons. The van der Waals surface area contributed by atoms with Crippen molar-refractivity contribution in [3.05, 3.63) is 25.3 Å². The Morgan fingerprint density at radius 3 is 1.08 bits per heavy atom. The topological polar surface area (TPSA) is 80.3 Å². The van der Waals surface area contributed by atoms with Crippen molar-refractivity contribution >= 4 is 29.3 Å². The Labute approximate surface area is 87.1 Å². The number of carbonyl (C=O) groups is 2. The van der Waals surface area contributed by atoms with Gasteiger partial charge in [0.25, 0.3) is 0 Å². The Morgan fingerprint density at radius 1 is 1.00 bits per heavy atom. The number of carboxylic acids is 2. The van der Waals surface area contributed by atoms with Crippen LogP contribution >= 0.6 is 0 Å². The van der Waals surface area contributed by atoms with Crippen molar-refractivity contribution in [1.82, 2.24) is 0 Å². The van der Waals surface area contributed by atoms with Gasteiger partial charge in [0.05, 0.1) is 11.9 Å². The summed E-state index contributed by atoms with van der Waals surface area (Å²) in [5.74, 6) is -2.46. The number of hydrogen-bond acceptors (Lipinski definition) is 4. The van der Waals surface area contributed by atoms with Crippen LogP contribution in [0.15, 0.2) is 25.3 Å². The summed E-state index contributed by atoms with van der Waals surface area (Å²) in [7, 11) is 0. The largest absolute Gasteiger partial charge is 3.00 e. The minimum Gasteiger partial charge on any atom is -1.00 e. The molecular weight excluding hydrogens is 198 g/mol.